The lowest BCUT2D eigenvalue weighted by molar-refractivity contribution is -0.134. The van der Waals surface area contributed by atoms with Gasteiger partial charge in [-0.15, -0.1) is 0 Å². The number of hydrazone groups is 1. The lowest BCUT2D eigenvalue weighted by Crippen LogP contribution is -2.42. The SMILES string of the molecule is COc1ccc(C2=NN(C(=O)CN(C)C3CCCCC3)C(c3ccccc3OC)C2)cc1. The second-order valence-corrected chi connectivity index (χ2v) is 8.68. The largest absolute Gasteiger partial charge is 0.497 e. The predicted molar refractivity (Wildman–Crippen MR) is 126 cm³/mol. The van der Waals surface area contributed by atoms with Crippen molar-refractivity contribution in [3.8, 4) is 11.5 Å². The van der Waals surface area contributed by atoms with Crippen LogP contribution in [-0.2, 0) is 4.79 Å². The molecule has 0 bridgehead atoms. The maximum atomic E-state index is 13.5. The second-order valence-electron chi connectivity index (χ2n) is 8.68. The van der Waals surface area contributed by atoms with Crippen LogP contribution < -0.4 is 9.47 Å². The van der Waals surface area contributed by atoms with E-state index in [0.29, 0.717) is 19.0 Å². The minimum Gasteiger partial charge on any atom is -0.497 e. The number of likely N-dealkylation sites (N-methyl/N-ethyl adjacent to an activating group) is 1. The highest BCUT2D eigenvalue weighted by atomic mass is 16.5. The molecule has 0 N–H and O–H groups in total. The molecular formula is C26H33N3O3. The molecule has 1 unspecified atom stereocenters. The van der Waals surface area contributed by atoms with E-state index in [1.165, 1.54) is 32.1 Å². The Balaban J connectivity index is 1.60. The van der Waals surface area contributed by atoms with Gasteiger partial charge in [0.2, 0.25) is 0 Å². The van der Waals surface area contributed by atoms with Crippen molar-refractivity contribution in [1.29, 1.82) is 0 Å². The molecule has 0 aromatic heterocycles. The number of benzene rings is 2. The Labute approximate surface area is 190 Å². The summed E-state index contributed by atoms with van der Waals surface area (Å²) < 4.78 is 10.9. The van der Waals surface area contributed by atoms with Gasteiger partial charge in [0.25, 0.3) is 5.91 Å². The molecule has 6 nitrogen and oxygen atoms in total. The van der Waals surface area contributed by atoms with Gasteiger partial charge in [-0.25, -0.2) is 5.01 Å². The minimum atomic E-state index is -0.185. The van der Waals surface area contributed by atoms with Crippen LogP contribution in [0.25, 0.3) is 0 Å². The van der Waals surface area contributed by atoms with Gasteiger partial charge in [-0.2, -0.15) is 5.10 Å². The van der Waals surface area contributed by atoms with Crippen LogP contribution in [0.3, 0.4) is 0 Å². The number of hydrogen-bond acceptors (Lipinski definition) is 5. The lowest BCUT2D eigenvalue weighted by atomic mass is 9.94. The smallest absolute Gasteiger partial charge is 0.257 e. The number of para-hydroxylation sites is 1. The molecule has 1 atom stereocenters. The quantitative estimate of drug-likeness (QED) is 0.635. The zero-order chi connectivity index (χ0) is 22.5. The third kappa shape index (κ3) is 4.80. The summed E-state index contributed by atoms with van der Waals surface area (Å²) in [6.07, 6.45) is 6.77. The van der Waals surface area contributed by atoms with Crippen LogP contribution >= 0.6 is 0 Å². The van der Waals surface area contributed by atoms with Gasteiger partial charge in [-0.3, -0.25) is 9.69 Å². The first-order valence-electron chi connectivity index (χ1n) is 11.5. The fourth-order valence-electron chi connectivity index (χ4n) is 4.82. The molecule has 2 aromatic carbocycles. The van der Waals surface area contributed by atoms with Gasteiger partial charge in [0.15, 0.2) is 0 Å². The molecule has 1 aliphatic carbocycles. The van der Waals surface area contributed by atoms with Gasteiger partial charge in [0, 0.05) is 18.0 Å². The van der Waals surface area contributed by atoms with Crippen molar-refractivity contribution in [2.75, 3.05) is 27.8 Å². The van der Waals surface area contributed by atoms with Gasteiger partial charge in [0.05, 0.1) is 32.5 Å². The molecular weight excluding hydrogens is 402 g/mol. The third-order valence-electron chi connectivity index (χ3n) is 6.67. The average molecular weight is 436 g/mol. The second kappa shape index (κ2) is 10.2. The van der Waals surface area contributed by atoms with Crippen molar-refractivity contribution in [2.45, 2.75) is 50.6 Å². The number of hydrogen-bond donors (Lipinski definition) is 0. The Kier molecular flexibility index (Phi) is 7.10. The highest BCUT2D eigenvalue weighted by Gasteiger charge is 2.35. The topological polar surface area (TPSA) is 54.4 Å². The highest BCUT2D eigenvalue weighted by Crippen LogP contribution is 2.37. The molecule has 170 valence electrons. The summed E-state index contributed by atoms with van der Waals surface area (Å²) in [4.78, 5) is 15.7. The lowest BCUT2D eigenvalue weighted by Gasteiger charge is -2.32. The minimum absolute atomic E-state index is 0.0255. The molecule has 2 aliphatic rings. The van der Waals surface area contributed by atoms with Crippen LogP contribution in [0.2, 0.25) is 0 Å². The van der Waals surface area contributed by atoms with Gasteiger partial charge in [0.1, 0.15) is 11.5 Å². The van der Waals surface area contributed by atoms with Gasteiger partial charge >= 0.3 is 0 Å². The summed E-state index contributed by atoms with van der Waals surface area (Å²) in [5.74, 6) is 1.61. The van der Waals surface area contributed by atoms with E-state index in [1.807, 2.05) is 48.5 Å². The number of amides is 1. The fraction of sp³-hybridized carbons (Fsp3) is 0.462. The van der Waals surface area contributed by atoms with Crippen LogP contribution in [0.5, 0.6) is 11.5 Å². The van der Waals surface area contributed by atoms with Crippen LogP contribution in [0.4, 0.5) is 0 Å². The molecule has 4 rings (SSSR count). The zero-order valence-corrected chi connectivity index (χ0v) is 19.3. The molecule has 1 aliphatic heterocycles. The summed E-state index contributed by atoms with van der Waals surface area (Å²) in [6, 6.07) is 16.1. The number of carbonyl (C=O) groups is 1. The Hall–Kier alpha value is -2.86. The average Bonchev–Trinajstić information content (AvgIpc) is 3.30. The number of carbonyl (C=O) groups excluding carboxylic acids is 1. The van der Waals surface area contributed by atoms with Crippen LogP contribution in [0.1, 0.15) is 55.7 Å². The summed E-state index contributed by atoms with van der Waals surface area (Å²) in [5.41, 5.74) is 2.88. The predicted octanol–water partition coefficient (Wildman–Crippen LogP) is 4.65. The summed E-state index contributed by atoms with van der Waals surface area (Å²) in [5, 5.41) is 6.50. The Morgan fingerprint density at radius 1 is 1.03 bits per heavy atom. The van der Waals surface area contributed by atoms with Crippen molar-refractivity contribution in [3.05, 3.63) is 59.7 Å². The molecule has 0 spiro atoms. The number of rotatable bonds is 7. The van der Waals surface area contributed by atoms with Crippen LogP contribution in [0.15, 0.2) is 53.6 Å². The van der Waals surface area contributed by atoms with Gasteiger partial charge in [-0.1, -0.05) is 37.5 Å². The van der Waals surface area contributed by atoms with Crippen molar-refractivity contribution in [3.63, 3.8) is 0 Å². The number of nitrogens with zero attached hydrogens (tertiary/aromatic N) is 3. The zero-order valence-electron chi connectivity index (χ0n) is 19.3. The van der Waals surface area contributed by atoms with Crippen LogP contribution in [-0.4, -0.2) is 55.4 Å². The Morgan fingerprint density at radius 3 is 2.44 bits per heavy atom. The third-order valence-corrected chi connectivity index (χ3v) is 6.67. The molecule has 0 radical (unpaired) electrons. The molecule has 1 amide bonds. The van der Waals surface area contributed by atoms with E-state index in [9.17, 15) is 4.79 Å². The molecule has 1 heterocycles. The van der Waals surface area contributed by atoms with E-state index < -0.39 is 0 Å². The number of methoxy groups -OCH3 is 2. The highest BCUT2D eigenvalue weighted by molar-refractivity contribution is 6.03. The van der Waals surface area contributed by atoms with E-state index in [4.69, 9.17) is 14.6 Å². The molecule has 1 fully saturated rings. The number of ether oxygens (including phenoxy) is 2. The van der Waals surface area contributed by atoms with Crippen molar-refractivity contribution in [2.24, 2.45) is 5.10 Å². The first-order valence-corrected chi connectivity index (χ1v) is 11.5. The fourth-order valence-corrected chi connectivity index (χ4v) is 4.82. The van der Waals surface area contributed by atoms with E-state index in [-0.39, 0.29) is 11.9 Å². The van der Waals surface area contributed by atoms with E-state index in [0.717, 1.165) is 28.3 Å². The standard InChI is InChI=1S/C26H33N3O3/c1-28(20-9-5-4-6-10-20)18-26(30)29-24(22-11-7-8-12-25(22)32-3)17-23(27-29)19-13-15-21(31-2)16-14-19/h7-8,11-16,20,24H,4-6,9-10,17-18H2,1-3H3. The first-order chi connectivity index (χ1) is 15.6. The monoisotopic (exact) mass is 435 g/mol. The summed E-state index contributed by atoms with van der Waals surface area (Å²) >= 11 is 0. The molecule has 2 aromatic rings. The van der Waals surface area contributed by atoms with Gasteiger partial charge in [-0.05, 0) is 55.8 Å². The van der Waals surface area contributed by atoms with Crippen LogP contribution in [0, 0.1) is 0 Å². The maximum Gasteiger partial charge on any atom is 0.257 e. The first kappa shape index (κ1) is 22.3. The normalized spacial score (nSPS) is 19.2. The Bertz CT molecular complexity index is 951. The summed E-state index contributed by atoms with van der Waals surface area (Å²) in [7, 11) is 5.39. The van der Waals surface area contributed by atoms with E-state index in [2.05, 4.69) is 11.9 Å². The Morgan fingerprint density at radius 2 is 1.75 bits per heavy atom. The summed E-state index contributed by atoms with van der Waals surface area (Å²) in [6.45, 7) is 0.371. The van der Waals surface area contributed by atoms with Gasteiger partial charge < -0.3 is 9.47 Å². The van der Waals surface area contributed by atoms with Crippen molar-refractivity contribution in [1.82, 2.24) is 9.91 Å². The molecule has 6 heteroatoms. The van der Waals surface area contributed by atoms with E-state index >= 15 is 0 Å². The molecule has 32 heavy (non-hydrogen) atoms. The molecule has 0 saturated heterocycles. The van der Waals surface area contributed by atoms with E-state index in [1.54, 1.807) is 19.2 Å². The van der Waals surface area contributed by atoms with Crippen molar-refractivity contribution < 1.29 is 14.3 Å². The maximum absolute atomic E-state index is 13.5. The van der Waals surface area contributed by atoms with Crippen molar-refractivity contribution >= 4 is 11.6 Å². The molecule has 1 saturated carbocycles.